The van der Waals surface area contributed by atoms with Gasteiger partial charge in [-0.05, 0) is 0 Å². The molecule has 1 aliphatic rings. The van der Waals surface area contributed by atoms with Crippen molar-refractivity contribution in [1.29, 1.82) is 0 Å². The molecule has 4 nitrogen and oxygen atoms in total. The molecule has 5 heteroatoms. The molecule has 1 fully saturated rings. The van der Waals surface area contributed by atoms with Gasteiger partial charge >= 0.3 is 146 Å². The molecule has 1 saturated heterocycles. The van der Waals surface area contributed by atoms with E-state index in [0.717, 1.165) is 17.3 Å². The maximum atomic E-state index is 12.8. The fourth-order valence-electron chi connectivity index (χ4n) is 3.57. The van der Waals surface area contributed by atoms with Gasteiger partial charge in [0.15, 0.2) is 0 Å². The Morgan fingerprint density at radius 1 is 1.43 bits per heavy atom. The number of nitrogens with zero attached hydrogens (tertiary/aromatic N) is 1. The molecule has 0 aromatic heterocycles. The topological polar surface area (TPSA) is 49.8 Å². The minimum atomic E-state index is -2.11. The van der Waals surface area contributed by atoms with Crippen LogP contribution in [0.3, 0.4) is 0 Å². The van der Waals surface area contributed by atoms with E-state index in [4.69, 9.17) is 4.74 Å². The van der Waals surface area contributed by atoms with Crippen LogP contribution in [0.4, 0.5) is 4.79 Å². The van der Waals surface area contributed by atoms with Crippen molar-refractivity contribution in [3.63, 3.8) is 0 Å². The van der Waals surface area contributed by atoms with Crippen molar-refractivity contribution >= 4 is 24.5 Å². The molecule has 0 aromatic rings. The molecule has 1 heterocycles. The predicted molar refractivity (Wildman–Crippen MR) is 98.2 cm³/mol. The van der Waals surface area contributed by atoms with Crippen LogP contribution in [0.1, 0.15) is 47.0 Å². The Hall–Kier alpha value is -0.231. The Kier molecular flexibility index (Phi) is 6.64. The van der Waals surface area contributed by atoms with Crippen LogP contribution in [-0.2, 0) is 4.74 Å². The molecule has 1 unspecified atom stereocenters. The zero-order chi connectivity index (χ0) is 18.1. The van der Waals surface area contributed by atoms with Crippen LogP contribution in [0.25, 0.3) is 0 Å². The molecule has 0 radical (unpaired) electrons. The number of amides is 1. The van der Waals surface area contributed by atoms with E-state index in [1.165, 1.54) is 0 Å². The summed E-state index contributed by atoms with van der Waals surface area (Å²) in [6, 6.07) is 0.0356. The molecule has 23 heavy (non-hydrogen) atoms. The molecule has 1 amide bonds. The molecule has 0 saturated carbocycles. The van der Waals surface area contributed by atoms with E-state index in [2.05, 4.69) is 28.3 Å². The van der Waals surface area contributed by atoms with Crippen molar-refractivity contribution < 1.29 is 14.6 Å². The number of hydrogen-bond donors (Lipinski definition) is 1. The number of carbonyl (C=O) groups excluding carboxylic acids is 1. The van der Waals surface area contributed by atoms with Crippen LogP contribution in [0.2, 0.25) is 19.3 Å². The summed E-state index contributed by atoms with van der Waals surface area (Å²) < 4.78 is 6.65. The molecule has 1 N–H and O–H groups in total. The summed E-state index contributed by atoms with van der Waals surface area (Å²) in [5.74, 6) is 0.119. The number of carbonyl (C=O) groups is 1. The first-order valence-corrected chi connectivity index (χ1v) is 19.3. The molecule has 1 aliphatic heterocycles. The van der Waals surface area contributed by atoms with Gasteiger partial charge in [-0.1, -0.05) is 0 Å². The second-order valence-corrected chi connectivity index (χ2v) is 24.8. The van der Waals surface area contributed by atoms with Gasteiger partial charge in [0.25, 0.3) is 0 Å². The summed E-state index contributed by atoms with van der Waals surface area (Å²) in [5.41, 5.74) is -1.72. The van der Waals surface area contributed by atoms with Gasteiger partial charge in [0.1, 0.15) is 0 Å². The molecule has 1 rings (SSSR count). The van der Waals surface area contributed by atoms with Gasteiger partial charge in [0.05, 0.1) is 0 Å². The fraction of sp³-hybridized carbons (Fsp3) is 0.833. The summed E-state index contributed by atoms with van der Waals surface area (Å²) in [6.45, 7) is 11.4. The number of hydrogen-bond acceptors (Lipinski definition) is 3. The Morgan fingerprint density at radius 2 is 2.00 bits per heavy atom. The number of ether oxygens (including phenoxy) is 1. The molecule has 134 valence electrons. The number of likely N-dealkylation sites (tertiary alicyclic amines) is 1. The van der Waals surface area contributed by atoms with Crippen LogP contribution in [-0.4, -0.2) is 51.8 Å². The first-order valence-electron chi connectivity index (χ1n) is 8.69. The molecule has 3 atom stereocenters. The zero-order valence-corrected chi connectivity index (χ0v) is 18.8. The van der Waals surface area contributed by atoms with E-state index in [-0.39, 0.29) is 12.0 Å². The average Bonchev–Trinajstić information content (AvgIpc) is 2.58. The van der Waals surface area contributed by atoms with Crippen molar-refractivity contribution in [2.75, 3.05) is 0 Å². The summed E-state index contributed by atoms with van der Waals surface area (Å²) in [4.78, 5) is 21.5. The normalized spacial score (nSPS) is 28.8. The van der Waals surface area contributed by atoms with E-state index >= 15 is 0 Å². The van der Waals surface area contributed by atoms with Crippen molar-refractivity contribution in [3.8, 4) is 0 Å². The molecule has 0 aromatic carbocycles. The number of rotatable bonds is 5. The van der Waals surface area contributed by atoms with Crippen LogP contribution in [0, 0.1) is 5.92 Å². The van der Waals surface area contributed by atoms with E-state index in [1.54, 1.807) is 11.0 Å². The van der Waals surface area contributed by atoms with E-state index in [0.29, 0.717) is 6.42 Å². The van der Waals surface area contributed by atoms with Crippen molar-refractivity contribution in [1.82, 2.24) is 4.90 Å². The molecule has 0 spiro atoms. The van der Waals surface area contributed by atoms with Crippen LogP contribution < -0.4 is 0 Å². The molecule has 0 bridgehead atoms. The van der Waals surface area contributed by atoms with Crippen molar-refractivity contribution in [2.45, 2.75) is 83.6 Å². The first kappa shape index (κ1) is 20.8. The van der Waals surface area contributed by atoms with Gasteiger partial charge in [0, 0.05) is 0 Å². The molecule has 0 aliphatic carbocycles. The Morgan fingerprint density at radius 3 is 2.39 bits per heavy atom. The van der Waals surface area contributed by atoms with Crippen molar-refractivity contribution in [3.05, 3.63) is 12.7 Å². The second kappa shape index (κ2) is 7.34. The zero-order valence-electron chi connectivity index (χ0n) is 16.0. The summed E-state index contributed by atoms with van der Waals surface area (Å²) in [7, 11) is 0. The monoisotopic (exact) mass is 433 g/mol. The standard InChI is InChI=1S/C15H26NO3.3CH3.Sn/c1-7-9-15(18)11(3)10-12(8-2)16(15)13(17)19-14(4,5)6;;;;/h7,11-12,18H,1,3,8-10H2,2,4-6H3;3*1H3;/t11-,12-,15?;;;;/m0..../s1. The van der Waals surface area contributed by atoms with Gasteiger partial charge in [-0.3, -0.25) is 0 Å². The van der Waals surface area contributed by atoms with E-state index in [9.17, 15) is 9.90 Å². The van der Waals surface area contributed by atoms with E-state index in [1.807, 2.05) is 20.8 Å². The Bertz CT molecular complexity index is 439. The van der Waals surface area contributed by atoms with Crippen LogP contribution >= 0.6 is 0 Å². The maximum absolute atomic E-state index is 12.8. The van der Waals surface area contributed by atoms with Crippen molar-refractivity contribution in [2.24, 2.45) is 5.92 Å². The van der Waals surface area contributed by atoms with E-state index < -0.39 is 35.8 Å². The van der Waals surface area contributed by atoms with Crippen LogP contribution in [0.5, 0.6) is 0 Å². The average molecular weight is 432 g/mol. The van der Waals surface area contributed by atoms with Crippen LogP contribution in [0.15, 0.2) is 12.7 Å². The predicted octanol–water partition coefficient (Wildman–Crippen LogP) is 4.62. The first-order chi connectivity index (χ1) is 10.3. The summed E-state index contributed by atoms with van der Waals surface area (Å²) in [6.07, 6.45) is 3.40. The van der Waals surface area contributed by atoms with Gasteiger partial charge in [-0.2, -0.15) is 0 Å². The summed E-state index contributed by atoms with van der Waals surface area (Å²) in [5, 5.41) is 11.4. The SMILES string of the molecule is C=CCC1(O)[C@@H]([CH2][Sn]([CH3])([CH3])[CH3])C[C@H](CC)N1C(=O)OC(C)(C)C. The number of aliphatic hydroxyl groups is 1. The molecular weight excluding hydrogens is 397 g/mol. The van der Waals surface area contributed by atoms with Gasteiger partial charge in [-0.15, -0.1) is 0 Å². The minimum absolute atomic E-state index is 0.0356. The van der Waals surface area contributed by atoms with Gasteiger partial charge in [0.2, 0.25) is 0 Å². The second-order valence-electron chi connectivity index (χ2n) is 8.98. The third kappa shape index (κ3) is 5.38. The Balaban J connectivity index is 3.17. The quantitative estimate of drug-likeness (QED) is 0.510. The molecular formula is C18H35NO3Sn. The Labute approximate surface area is 146 Å². The van der Waals surface area contributed by atoms with Gasteiger partial charge < -0.3 is 0 Å². The third-order valence-electron chi connectivity index (χ3n) is 4.36. The fourth-order valence-corrected chi connectivity index (χ4v) is 9.19. The summed E-state index contributed by atoms with van der Waals surface area (Å²) >= 11 is -2.11. The van der Waals surface area contributed by atoms with Gasteiger partial charge in [-0.25, -0.2) is 0 Å². The third-order valence-corrected chi connectivity index (χ3v) is 9.26.